The molecule has 1 saturated heterocycles. The molecule has 0 unspecified atom stereocenters. The van der Waals surface area contributed by atoms with Crippen molar-refractivity contribution in [2.24, 2.45) is 5.73 Å². The first-order valence-electron chi connectivity index (χ1n) is 9.07. The maximum Gasteiger partial charge on any atom is 0.249 e. The molecule has 1 fully saturated rings. The first-order chi connectivity index (χ1) is 12.7. The van der Waals surface area contributed by atoms with Crippen molar-refractivity contribution in [3.05, 3.63) is 71.3 Å². The number of nitrogens with one attached hydrogen (secondary N) is 1. The van der Waals surface area contributed by atoms with Crippen LogP contribution < -0.4 is 11.1 Å². The van der Waals surface area contributed by atoms with Gasteiger partial charge in [0.1, 0.15) is 6.10 Å². The van der Waals surface area contributed by atoms with Crippen LogP contribution in [0.25, 0.3) is 0 Å². The number of nitrogens with two attached hydrogens (primary N) is 1. The standard InChI is InChI=1S/C21H26N2O3/c22-12-19-10-11-20(26-19)21(24)23-13-16-6-8-18(9-7-16)15-25-14-17-4-2-1-3-5-17/h1-9,19-20H,10-15,22H2,(H,23,24)/t19-,20+/m1/s1. The van der Waals surface area contributed by atoms with Gasteiger partial charge in [0.2, 0.25) is 5.91 Å². The Labute approximate surface area is 154 Å². The fraction of sp³-hybridized carbons (Fsp3) is 0.381. The average molecular weight is 354 g/mol. The number of ether oxygens (including phenoxy) is 2. The van der Waals surface area contributed by atoms with E-state index in [1.807, 2.05) is 42.5 Å². The zero-order valence-corrected chi connectivity index (χ0v) is 14.9. The Hall–Kier alpha value is -2.21. The molecule has 1 heterocycles. The van der Waals surface area contributed by atoms with Gasteiger partial charge in [-0.05, 0) is 29.5 Å². The fourth-order valence-corrected chi connectivity index (χ4v) is 2.99. The van der Waals surface area contributed by atoms with Gasteiger partial charge in [0, 0.05) is 13.1 Å². The molecule has 3 rings (SSSR count). The summed E-state index contributed by atoms with van der Waals surface area (Å²) in [6.45, 7) is 2.14. The summed E-state index contributed by atoms with van der Waals surface area (Å²) in [7, 11) is 0. The lowest BCUT2D eigenvalue weighted by Crippen LogP contribution is -2.35. The number of carbonyl (C=O) groups excluding carboxylic acids is 1. The Kier molecular flexibility index (Phi) is 6.77. The van der Waals surface area contributed by atoms with Crippen molar-refractivity contribution in [2.75, 3.05) is 6.54 Å². The highest BCUT2D eigenvalue weighted by atomic mass is 16.5. The van der Waals surface area contributed by atoms with Crippen molar-refractivity contribution in [1.29, 1.82) is 0 Å². The Bertz CT molecular complexity index is 688. The summed E-state index contributed by atoms with van der Waals surface area (Å²) in [6.07, 6.45) is 1.24. The lowest BCUT2D eigenvalue weighted by atomic mass is 10.1. The lowest BCUT2D eigenvalue weighted by molar-refractivity contribution is -0.132. The van der Waals surface area contributed by atoms with E-state index < -0.39 is 0 Å². The van der Waals surface area contributed by atoms with Crippen LogP contribution in [0.1, 0.15) is 29.5 Å². The smallest absolute Gasteiger partial charge is 0.249 e. The maximum absolute atomic E-state index is 12.1. The van der Waals surface area contributed by atoms with Crippen LogP contribution in [-0.4, -0.2) is 24.7 Å². The largest absolute Gasteiger partial charge is 0.372 e. The van der Waals surface area contributed by atoms with Gasteiger partial charge in [0.05, 0.1) is 19.3 Å². The van der Waals surface area contributed by atoms with Crippen molar-refractivity contribution >= 4 is 5.91 Å². The van der Waals surface area contributed by atoms with Crippen LogP contribution in [0.2, 0.25) is 0 Å². The van der Waals surface area contributed by atoms with Crippen LogP contribution >= 0.6 is 0 Å². The number of hydrogen-bond donors (Lipinski definition) is 2. The van der Waals surface area contributed by atoms with E-state index >= 15 is 0 Å². The van der Waals surface area contributed by atoms with Crippen LogP contribution in [0.5, 0.6) is 0 Å². The van der Waals surface area contributed by atoms with Crippen LogP contribution in [-0.2, 0) is 34.0 Å². The van der Waals surface area contributed by atoms with Gasteiger partial charge >= 0.3 is 0 Å². The minimum atomic E-state index is -0.366. The molecule has 0 aromatic heterocycles. The van der Waals surface area contributed by atoms with Gasteiger partial charge < -0.3 is 20.5 Å². The van der Waals surface area contributed by atoms with E-state index in [1.54, 1.807) is 0 Å². The molecule has 2 aromatic rings. The molecule has 3 N–H and O–H groups in total. The van der Waals surface area contributed by atoms with Crippen molar-refractivity contribution in [3.63, 3.8) is 0 Å². The second-order valence-corrected chi connectivity index (χ2v) is 6.57. The monoisotopic (exact) mass is 354 g/mol. The van der Waals surface area contributed by atoms with Gasteiger partial charge in [-0.1, -0.05) is 54.6 Å². The Balaban J connectivity index is 1.39. The predicted molar refractivity (Wildman–Crippen MR) is 100 cm³/mol. The maximum atomic E-state index is 12.1. The summed E-state index contributed by atoms with van der Waals surface area (Å²) in [6, 6.07) is 18.2. The molecule has 1 amide bonds. The minimum absolute atomic E-state index is 0.0147. The molecule has 5 nitrogen and oxygen atoms in total. The zero-order chi connectivity index (χ0) is 18.2. The molecule has 1 aliphatic rings. The molecule has 5 heteroatoms. The third-order valence-corrected chi connectivity index (χ3v) is 4.53. The summed E-state index contributed by atoms with van der Waals surface area (Å²) >= 11 is 0. The molecule has 0 saturated carbocycles. The van der Waals surface area contributed by atoms with E-state index in [9.17, 15) is 4.79 Å². The highest BCUT2D eigenvalue weighted by Gasteiger charge is 2.29. The minimum Gasteiger partial charge on any atom is -0.372 e. The third-order valence-electron chi connectivity index (χ3n) is 4.53. The molecule has 0 bridgehead atoms. The predicted octanol–water partition coefficient (Wildman–Crippen LogP) is 2.53. The molecule has 138 valence electrons. The van der Waals surface area contributed by atoms with Gasteiger partial charge in [-0.2, -0.15) is 0 Å². The molecule has 26 heavy (non-hydrogen) atoms. The normalized spacial score (nSPS) is 19.4. The van der Waals surface area contributed by atoms with Crippen molar-refractivity contribution < 1.29 is 14.3 Å². The van der Waals surface area contributed by atoms with Crippen LogP contribution in [0.3, 0.4) is 0 Å². The SMILES string of the molecule is NC[C@H]1CC[C@@H](C(=O)NCc2ccc(COCc3ccccc3)cc2)O1. The summed E-state index contributed by atoms with van der Waals surface area (Å²) < 4.78 is 11.3. The van der Waals surface area contributed by atoms with Gasteiger partial charge in [-0.15, -0.1) is 0 Å². The van der Waals surface area contributed by atoms with E-state index in [4.69, 9.17) is 15.2 Å². The van der Waals surface area contributed by atoms with E-state index in [-0.39, 0.29) is 18.1 Å². The molecule has 2 aromatic carbocycles. The zero-order valence-electron chi connectivity index (χ0n) is 14.9. The summed E-state index contributed by atoms with van der Waals surface area (Å²) in [5.41, 5.74) is 8.91. The molecule has 2 atom stereocenters. The first kappa shape index (κ1) is 18.6. The van der Waals surface area contributed by atoms with Gasteiger partial charge in [-0.25, -0.2) is 0 Å². The molecular formula is C21H26N2O3. The molecule has 0 spiro atoms. The Morgan fingerprint density at radius 2 is 1.65 bits per heavy atom. The third kappa shape index (κ3) is 5.39. The number of hydrogen-bond acceptors (Lipinski definition) is 4. The first-order valence-corrected chi connectivity index (χ1v) is 9.07. The van der Waals surface area contributed by atoms with E-state index in [0.29, 0.717) is 26.3 Å². The van der Waals surface area contributed by atoms with Gasteiger partial charge in [0.25, 0.3) is 0 Å². The number of benzene rings is 2. The summed E-state index contributed by atoms with van der Waals surface area (Å²) in [5, 5.41) is 2.93. The van der Waals surface area contributed by atoms with Crippen LogP contribution in [0.4, 0.5) is 0 Å². The Morgan fingerprint density at radius 1 is 1.00 bits per heavy atom. The quantitative estimate of drug-likeness (QED) is 0.764. The Morgan fingerprint density at radius 3 is 2.31 bits per heavy atom. The van der Waals surface area contributed by atoms with E-state index in [1.165, 1.54) is 0 Å². The highest BCUT2D eigenvalue weighted by molar-refractivity contribution is 5.81. The molecule has 0 aliphatic carbocycles. The van der Waals surface area contributed by atoms with Crippen LogP contribution in [0.15, 0.2) is 54.6 Å². The van der Waals surface area contributed by atoms with E-state index in [0.717, 1.165) is 29.5 Å². The molecular weight excluding hydrogens is 328 g/mol. The fourth-order valence-electron chi connectivity index (χ4n) is 2.99. The van der Waals surface area contributed by atoms with Gasteiger partial charge in [-0.3, -0.25) is 4.79 Å². The van der Waals surface area contributed by atoms with Crippen molar-refractivity contribution in [2.45, 2.75) is 44.8 Å². The number of rotatable bonds is 8. The summed E-state index contributed by atoms with van der Waals surface area (Å²) in [5.74, 6) is -0.0591. The number of carbonyl (C=O) groups is 1. The van der Waals surface area contributed by atoms with E-state index in [2.05, 4.69) is 17.4 Å². The van der Waals surface area contributed by atoms with Gasteiger partial charge in [0.15, 0.2) is 0 Å². The second kappa shape index (κ2) is 9.48. The average Bonchev–Trinajstić information content (AvgIpc) is 3.17. The molecule has 1 aliphatic heterocycles. The lowest BCUT2D eigenvalue weighted by Gasteiger charge is -2.13. The second-order valence-electron chi connectivity index (χ2n) is 6.57. The van der Waals surface area contributed by atoms with Crippen LogP contribution in [0, 0.1) is 0 Å². The summed E-state index contributed by atoms with van der Waals surface area (Å²) in [4.78, 5) is 12.1. The highest BCUT2D eigenvalue weighted by Crippen LogP contribution is 2.19. The molecule has 0 radical (unpaired) electrons. The van der Waals surface area contributed by atoms with Crippen molar-refractivity contribution in [1.82, 2.24) is 5.32 Å². The number of amides is 1. The topological polar surface area (TPSA) is 73.6 Å². The van der Waals surface area contributed by atoms with Crippen molar-refractivity contribution in [3.8, 4) is 0 Å².